The number of nitrogen functional groups attached to an aromatic ring is 1. The maximum atomic E-state index is 13.0. The van der Waals surface area contributed by atoms with Crippen LogP contribution in [-0.4, -0.2) is 49.4 Å². The number of carbonyl (C=O) groups excluding carboxylic acids is 2. The highest BCUT2D eigenvalue weighted by atomic mass is 32.2. The summed E-state index contributed by atoms with van der Waals surface area (Å²) in [5, 5.41) is 22.9. The molecule has 3 atom stereocenters. The Balaban J connectivity index is 2.11. The lowest BCUT2D eigenvalue weighted by Gasteiger charge is -2.25. The molecule has 0 aliphatic carbocycles. The van der Waals surface area contributed by atoms with Crippen molar-refractivity contribution in [2.24, 2.45) is 11.7 Å². The molecule has 2 aromatic carbocycles. The lowest BCUT2D eigenvalue weighted by atomic mass is 10.0. The average Bonchev–Trinajstić information content (AvgIpc) is 2.80. The molecule has 10 nitrogen and oxygen atoms in total. The van der Waals surface area contributed by atoms with E-state index in [1.807, 2.05) is 13.8 Å². The molecular formula is C24H33N5O5S. The second-order valence-corrected chi connectivity index (χ2v) is 10.4. The Labute approximate surface area is 205 Å². The van der Waals surface area contributed by atoms with E-state index in [9.17, 15) is 23.1 Å². The summed E-state index contributed by atoms with van der Waals surface area (Å²) in [5.74, 6) is -1.27. The van der Waals surface area contributed by atoms with Crippen LogP contribution in [0.5, 0.6) is 0 Å². The number of carbonyl (C=O) groups is 2. The van der Waals surface area contributed by atoms with Crippen LogP contribution in [-0.2, 0) is 26.2 Å². The van der Waals surface area contributed by atoms with Crippen LogP contribution in [0.3, 0.4) is 0 Å². The van der Waals surface area contributed by atoms with Crippen molar-refractivity contribution in [3.63, 3.8) is 0 Å². The van der Waals surface area contributed by atoms with Gasteiger partial charge in [0.2, 0.25) is 21.8 Å². The maximum absolute atomic E-state index is 13.0. The van der Waals surface area contributed by atoms with Crippen molar-refractivity contribution in [3.8, 4) is 0 Å². The summed E-state index contributed by atoms with van der Waals surface area (Å²) in [6.45, 7) is 5.25. The molecule has 0 radical (unpaired) electrons. The van der Waals surface area contributed by atoms with Crippen LogP contribution < -0.4 is 21.1 Å². The summed E-state index contributed by atoms with van der Waals surface area (Å²) >= 11 is 0. The Kier molecular flexibility index (Phi) is 9.93. The second-order valence-electron chi connectivity index (χ2n) is 8.67. The number of aliphatic hydroxyl groups is 1. The molecule has 0 aromatic heterocycles. The summed E-state index contributed by atoms with van der Waals surface area (Å²) in [5.41, 5.74) is 6.78. The van der Waals surface area contributed by atoms with E-state index in [-0.39, 0.29) is 23.2 Å². The molecule has 0 saturated heterocycles. The molecule has 0 saturated carbocycles. The summed E-state index contributed by atoms with van der Waals surface area (Å²) in [7, 11) is -4.08. The lowest BCUT2D eigenvalue weighted by molar-refractivity contribution is -0.131. The number of nitrogens with one attached hydrogen (secondary N) is 4. The van der Waals surface area contributed by atoms with Crippen molar-refractivity contribution in [2.45, 2.75) is 56.8 Å². The molecule has 0 heterocycles. The minimum atomic E-state index is -4.08. The van der Waals surface area contributed by atoms with E-state index in [2.05, 4.69) is 15.4 Å². The van der Waals surface area contributed by atoms with Gasteiger partial charge in [-0.1, -0.05) is 56.3 Å². The molecular weight excluding hydrogens is 470 g/mol. The highest BCUT2D eigenvalue weighted by Gasteiger charge is 2.32. The van der Waals surface area contributed by atoms with E-state index in [1.165, 1.54) is 19.1 Å². The fourth-order valence-electron chi connectivity index (χ4n) is 3.28. The number of nitrogens with two attached hydrogens (primary N) is 1. The van der Waals surface area contributed by atoms with Gasteiger partial charge >= 0.3 is 0 Å². The molecule has 7 N–H and O–H groups in total. The van der Waals surface area contributed by atoms with E-state index >= 15 is 0 Å². The first-order valence-corrected chi connectivity index (χ1v) is 12.7. The standard InChI is InChI=1S/C24H33N5O5S/c1-15(2)13-20(23(31)27-14-17-9-11-18(12-10-17)22(25)26)28-24(32)21(16(3)30)29-35(33,34)19-7-5-4-6-8-19/h4-12,15-16,20-21,29-30H,13-14H2,1-3H3,(H3,25,26)(H,27,31)(H,28,32)/t16?,20-,21+/m0/s1. The predicted octanol–water partition coefficient (Wildman–Crippen LogP) is 0.846. The zero-order valence-electron chi connectivity index (χ0n) is 20.0. The van der Waals surface area contributed by atoms with Gasteiger partial charge in [-0.3, -0.25) is 15.0 Å². The van der Waals surface area contributed by atoms with Gasteiger partial charge in [-0.2, -0.15) is 4.72 Å². The number of amidine groups is 1. The highest BCUT2D eigenvalue weighted by Crippen LogP contribution is 2.11. The zero-order valence-corrected chi connectivity index (χ0v) is 20.8. The second kappa shape index (κ2) is 12.4. The van der Waals surface area contributed by atoms with Crippen LogP contribution in [0.1, 0.15) is 38.3 Å². The first-order valence-electron chi connectivity index (χ1n) is 11.2. The summed E-state index contributed by atoms with van der Waals surface area (Å²) in [6.07, 6.45) is -1.05. The lowest BCUT2D eigenvalue weighted by Crippen LogP contribution is -2.57. The van der Waals surface area contributed by atoms with Gasteiger partial charge in [-0.15, -0.1) is 0 Å². The third-order valence-electron chi connectivity index (χ3n) is 5.17. The van der Waals surface area contributed by atoms with Crippen LogP contribution in [0.15, 0.2) is 59.5 Å². The van der Waals surface area contributed by atoms with Gasteiger partial charge in [0.05, 0.1) is 11.0 Å². The van der Waals surface area contributed by atoms with Gasteiger partial charge in [-0.25, -0.2) is 8.42 Å². The molecule has 2 rings (SSSR count). The first-order chi connectivity index (χ1) is 16.4. The van der Waals surface area contributed by atoms with Crippen LogP contribution in [0.4, 0.5) is 0 Å². The zero-order chi connectivity index (χ0) is 26.2. The topological polar surface area (TPSA) is 174 Å². The van der Waals surface area contributed by atoms with Crippen molar-refractivity contribution in [1.29, 1.82) is 5.41 Å². The van der Waals surface area contributed by atoms with E-state index in [0.29, 0.717) is 12.0 Å². The minimum Gasteiger partial charge on any atom is -0.391 e. The van der Waals surface area contributed by atoms with Crippen molar-refractivity contribution in [1.82, 2.24) is 15.4 Å². The van der Waals surface area contributed by atoms with Crippen LogP contribution >= 0.6 is 0 Å². The number of aliphatic hydroxyl groups excluding tert-OH is 1. The molecule has 35 heavy (non-hydrogen) atoms. The molecule has 0 aliphatic heterocycles. The number of hydrogen-bond acceptors (Lipinski definition) is 6. The van der Waals surface area contributed by atoms with Gasteiger partial charge in [0, 0.05) is 12.1 Å². The first kappa shape index (κ1) is 28.0. The third-order valence-corrected chi connectivity index (χ3v) is 6.63. The monoisotopic (exact) mass is 503 g/mol. The number of hydrogen-bond donors (Lipinski definition) is 6. The van der Waals surface area contributed by atoms with Gasteiger partial charge in [0.15, 0.2) is 0 Å². The molecule has 0 fully saturated rings. The molecule has 2 amide bonds. The van der Waals surface area contributed by atoms with E-state index in [4.69, 9.17) is 11.1 Å². The molecule has 1 unspecified atom stereocenters. The summed E-state index contributed by atoms with van der Waals surface area (Å²) in [6, 6.07) is 11.9. The normalized spacial score (nSPS) is 14.1. The molecule has 0 spiro atoms. The Morgan fingerprint density at radius 1 is 1.00 bits per heavy atom. The molecule has 190 valence electrons. The van der Waals surface area contributed by atoms with Crippen LogP contribution in [0.25, 0.3) is 0 Å². The highest BCUT2D eigenvalue weighted by molar-refractivity contribution is 7.89. The maximum Gasteiger partial charge on any atom is 0.242 e. The summed E-state index contributed by atoms with van der Waals surface area (Å²) < 4.78 is 27.6. The summed E-state index contributed by atoms with van der Waals surface area (Å²) in [4.78, 5) is 25.8. The van der Waals surface area contributed by atoms with E-state index in [1.54, 1.807) is 42.5 Å². The third kappa shape index (κ3) is 8.46. The molecule has 0 bridgehead atoms. The number of amides is 2. The predicted molar refractivity (Wildman–Crippen MR) is 133 cm³/mol. The van der Waals surface area contributed by atoms with Gasteiger partial charge < -0.3 is 21.5 Å². The van der Waals surface area contributed by atoms with Crippen molar-refractivity contribution in [2.75, 3.05) is 0 Å². The molecule has 0 aliphatic rings. The Bertz CT molecular complexity index is 1120. The van der Waals surface area contributed by atoms with Gasteiger partial charge in [-0.05, 0) is 37.0 Å². The Morgan fingerprint density at radius 3 is 2.11 bits per heavy atom. The largest absolute Gasteiger partial charge is 0.391 e. The SMILES string of the molecule is CC(C)C[C@H](NC(=O)[C@H](NS(=O)(=O)c1ccccc1)C(C)O)C(=O)NCc1ccc(C(=N)N)cc1. The fourth-order valence-corrected chi connectivity index (χ4v) is 4.57. The smallest absolute Gasteiger partial charge is 0.242 e. The fraction of sp³-hybridized carbons (Fsp3) is 0.375. The van der Waals surface area contributed by atoms with Crippen LogP contribution in [0, 0.1) is 11.3 Å². The van der Waals surface area contributed by atoms with Gasteiger partial charge in [0.1, 0.15) is 17.9 Å². The Hall–Kier alpha value is -3.28. The van der Waals surface area contributed by atoms with E-state index < -0.39 is 40.0 Å². The Morgan fingerprint density at radius 2 is 1.60 bits per heavy atom. The van der Waals surface area contributed by atoms with Crippen molar-refractivity contribution in [3.05, 3.63) is 65.7 Å². The van der Waals surface area contributed by atoms with E-state index in [0.717, 1.165) is 5.56 Å². The molecule has 2 aromatic rings. The number of benzene rings is 2. The van der Waals surface area contributed by atoms with Gasteiger partial charge in [0.25, 0.3) is 0 Å². The van der Waals surface area contributed by atoms with Crippen molar-refractivity contribution < 1.29 is 23.1 Å². The van der Waals surface area contributed by atoms with Crippen molar-refractivity contribution >= 4 is 27.7 Å². The molecule has 11 heteroatoms. The number of sulfonamides is 1. The number of rotatable bonds is 12. The minimum absolute atomic E-state index is 0.0481. The quantitative estimate of drug-likeness (QED) is 0.185. The van der Waals surface area contributed by atoms with Crippen LogP contribution in [0.2, 0.25) is 0 Å². The average molecular weight is 504 g/mol.